The van der Waals surface area contributed by atoms with Crippen molar-refractivity contribution in [1.82, 2.24) is 5.32 Å². The molecule has 1 fully saturated rings. The van der Waals surface area contributed by atoms with Crippen LogP contribution >= 0.6 is 0 Å². The number of rotatable bonds is 7. The van der Waals surface area contributed by atoms with E-state index in [9.17, 15) is 9.59 Å². The van der Waals surface area contributed by atoms with Crippen LogP contribution in [0.4, 0.5) is 11.4 Å². The average molecular weight is 418 g/mol. The van der Waals surface area contributed by atoms with Crippen LogP contribution in [-0.2, 0) is 4.74 Å². The van der Waals surface area contributed by atoms with Gasteiger partial charge in [0.05, 0.1) is 12.2 Å². The van der Waals surface area contributed by atoms with Gasteiger partial charge in [-0.25, -0.2) is 0 Å². The molecule has 31 heavy (non-hydrogen) atoms. The van der Waals surface area contributed by atoms with Gasteiger partial charge in [-0.05, 0) is 47.9 Å². The summed E-state index contributed by atoms with van der Waals surface area (Å²) in [6, 6.07) is 19.0. The number of anilines is 2. The number of hydrogen-bond donors (Lipinski definition) is 2. The Kier molecular flexibility index (Phi) is 6.48. The monoisotopic (exact) mass is 417 g/mol. The quantitative estimate of drug-likeness (QED) is 0.569. The normalized spacial score (nSPS) is 13.4. The van der Waals surface area contributed by atoms with Crippen molar-refractivity contribution >= 4 is 34.0 Å². The number of benzene rings is 3. The Morgan fingerprint density at radius 1 is 0.935 bits per heavy atom. The van der Waals surface area contributed by atoms with Crippen LogP contribution in [0, 0.1) is 0 Å². The summed E-state index contributed by atoms with van der Waals surface area (Å²) in [5.74, 6) is -0.364. The van der Waals surface area contributed by atoms with Crippen molar-refractivity contribution < 1.29 is 14.3 Å². The van der Waals surface area contributed by atoms with Gasteiger partial charge < -0.3 is 20.3 Å². The van der Waals surface area contributed by atoms with Gasteiger partial charge in [-0.15, -0.1) is 0 Å². The van der Waals surface area contributed by atoms with E-state index in [0.29, 0.717) is 30.0 Å². The Morgan fingerprint density at radius 3 is 2.52 bits per heavy atom. The molecule has 6 nitrogen and oxygen atoms in total. The number of hydrogen-bond acceptors (Lipinski definition) is 4. The summed E-state index contributed by atoms with van der Waals surface area (Å²) in [5, 5.41) is 7.77. The van der Waals surface area contributed by atoms with Crippen molar-refractivity contribution in [1.29, 1.82) is 0 Å². The average Bonchev–Trinajstić information content (AvgIpc) is 3.33. The van der Waals surface area contributed by atoms with Crippen LogP contribution in [-0.4, -0.2) is 45.2 Å². The second-order valence-corrected chi connectivity index (χ2v) is 7.66. The molecule has 0 saturated carbocycles. The van der Waals surface area contributed by atoms with Gasteiger partial charge in [0.15, 0.2) is 0 Å². The lowest BCUT2D eigenvalue weighted by atomic mass is 10.0. The van der Waals surface area contributed by atoms with Crippen molar-refractivity contribution in [2.75, 3.05) is 43.6 Å². The first-order chi connectivity index (χ1) is 15.2. The molecule has 0 atom stereocenters. The highest BCUT2D eigenvalue weighted by Crippen LogP contribution is 2.28. The molecule has 0 radical (unpaired) electrons. The minimum absolute atomic E-state index is 0.166. The summed E-state index contributed by atoms with van der Waals surface area (Å²) in [4.78, 5) is 28.1. The summed E-state index contributed by atoms with van der Waals surface area (Å²) in [7, 11) is 1.60. The number of methoxy groups -OCH3 is 1. The van der Waals surface area contributed by atoms with Gasteiger partial charge in [0.1, 0.15) is 0 Å². The predicted molar refractivity (Wildman–Crippen MR) is 124 cm³/mol. The molecule has 3 aromatic carbocycles. The summed E-state index contributed by atoms with van der Waals surface area (Å²) in [6.07, 6.45) is 2.23. The first-order valence-electron chi connectivity index (χ1n) is 10.6. The van der Waals surface area contributed by atoms with E-state index < -0.39 is 0 Å². The molecule has 6 heteroatoms. The molecule has 1 aliphatic rings. The first kappa shape index (κ1) is 20.9. The highest BCUT2D eigenvalue weighted by Gasteiger charge is 2.21. The van der Waals surface area contributed by atoms with Crippen LogP contribution in [0.2, 0.25) is 0 Å². The fourth-order valence-electron chi connectivity index (χ4n) is 4.01. The van der Waals surface area contributed by atoms with Crippen molar-refractivity contribution in [2.24, 2.45) is 0 Å². The van der Waals surface area contributed by atoms with Crippen LogP contribution in [0.5, 0.6) is 0 Å². The summed E-state index contributed by atoms with van der Waals surface area (Å²) in [6.45, 7) is 2.74. The van der Waals surface area contributed by atoms with Crippen LogP contribution in [0.3, 0.4) is 0 Å². The maximum absolute atomic E-state index is 13.0. The fourth-order valence-corrected chi connectivity index (χ4v) is 4.01. The Morgan fingerprint density at radius 2 is 1.71 bits per heavy atom. The summed E-state index contributed by atoms with van der Waals surface area (Å²) < 4.78 is 5.04. The zero-order valence-corrected chi connectivity index (χ0v) is 17.7. The number of nitrogens with one attached hydrogen (secondary N) is 2. The predicted octanol–water partition coefficient (Wildman–Crippen LogP) is 4.07. The standard InChI is InChI=1S/C25H27N3O3/c1-31-16-13-26-24(29)22-17-19(11-12-23(22)28-14-4-5-15-28)27-25(30)21-10-6-8-18-7-2-3-9-20(18)21/h2-3,6-12,17H,4-5,13-16H2,1H3,(H,26,29)(H,27,30). The molecular weight excluding hydrogens is 390 g/mol. The number of fused-ring (bicyclic) bond motifs is 1. The molecule has 1 heterocycles. The molecule has 3 aromatic rings. The SMILES string of the molecule is COCCNC(=O)c1cc(NC(=O)c2cccc3ccccc23)ccc1N1CCCC1. The number of nitrogens with zero attached hydrogens (tertiary/aromatic N) is 1. The number of amides is 2. The lowest BCUT2D eigenvalue weighted by molar-refractivity contribution is 0.0936. The Hall–Kier alpha value is -3.38. The number of ether oxygens (including phenoxy) is 1. The van der Waals surface area contributed by atoms with E-state index in [0.717, 1.165) is 42.4 Å². The molecular formula is C25H27N3O3. The Balaban J connectivity index is 1.61. The number of carbonyl (C=O) groups excluding carboxylic acids is 2. The Bertz CT molecular complexity index is 1090. The van der Waals surface area contributed by atoms with Gasteiger partial charge in [-0.3, -0.25) is 9.59 Å². The van der Waals surface area contributed by atoms with Gasteiger partial charge in [0.2, 0.25) is 0 Å². The van der Waals surface area contributed by atoms with Crippen molar-refractivity contribution in [2.45, 2.75) is 12.8 Å². The third kappa shape index (κ3) is 4.70. The molecule has 1 saturated heterocycles. The summed E-state index contributed by atoms with van der Waals surface area (Å²) >= 11 is 0. The van der Waals surface area contributed by atoms with E-state index >= 15 is 0 Å². The minimum atomic E-state index is -0.198. The molecule has 0 aromatic heterocycles. The molecule has 0 unspecified atom stereocenters. The lowest BCUT2D eigenvalue weighted by Gasteiger charge is -2.22. The lowest BCUT2D eigenvalue weighted by Crippen LogP contribution is -2.30. The van der Waals surface area contributed by atoms with E-state index in [4.69, 9.17) is 4.74 Å². The van der Waals surface area contributed by atoms with Gasteiger partial charge in [-0.1, -0.05) is 36.4 Å². The second-order valence-electron chi connectivity index (χ2n) is 7.66. The maximum Gasteiger partial charge on any atom is 0.256 e. The van der Waals surface area contributed by atoms with E-state index in [-0.39, 0.29) is 11.8 Å². The molecule has 0 spiro atoms. The van der Waals surface area contributed by atoms with Gasteiger partial charge in [0.25, 0.3) is 11.8 Å². The van der Waals surface area contributed by atoms with Gasteiger partial charge in [-0.2, -0.15) is 0 Å². The maximum atomic E-state index is 13.0. The van der Waals surface area contributed by atoms with E-state index in [1.807, 2.05) is 54.6 Å². The van der Waals surface area contributed by atoms with Crippen molar-refractivity contribution in [3.63, 3.8) is 0 Å². The van der Waals surface area contributed by atoms with Gasteiger partial charge >= 0.3 is 0 Å². The second kappa shape index (κ2) is 9.62. The van der Waals surface area contributed by atoms with Gasteiger partial charge in [0, 0.05) is 43.7 Å². The van der Waals surface area contributed by atoms with Crippen LogP contribution < -0.4 is 15.5 Å². The molecule has 0 bridgehead atoms. The third-order valence-corrected chi connectivity index (χ3v) is 5.57. The molecule has 160 valence electrons. The minimum Gasteiger partial charge on any atom is -0.383 e. The highest BCUT2D eigenvalue weighted by molar-refractivity contribution is 6.13. The van der Waals surface area contributed by atoms with E-state index in [2.05, 4.69) is 15.5 Å². The Labute approximate surface area is 182 Å². The molecule has 1 aliphatic heterocycles. The molecule has 2 N–H and O–H groups in total. The highest BCUT2D eigenvalue weighted by atomic mass is 16.5. The van der Waals surface area contributed by atoms with E-state index in [1.165, 1.54) is 0 Å². The van der Waals surface area contributed by atoms with Crippen molar-refractivity contribution in [3.8, 4) is 0 Å². The zero-order chi connectivity index (χ0) is 21.6. The number of carbonyl (C=O) groups is 2. The topological polar surface area (TPSA) is 70.7 Å². The van der Waals surface area contributed by atoms with E-state index in [1.54, 1.807) is 13.2 Å². The molecule has 2 amide bonds. The smallest absolute Gasteiger partial charge is 0.256 e. The summed E-state index contributed by atoms with van der Waals surface area (Å²) in [5.41, 5.74) is 2.66. The van der Waals surface area contributed by atoms with Crippen LogP contribution in [0.1, 0.15) is 33.6 Å². The fraction of sp³-hybridized carbons (Fsp3) is 0.280. The van der Waals surface area contributed by atoms with Crippen molar-refractivity contribution in [3.05, 3.63) is 71.8 Å². The van der Waals surface area contributed by atoms with Crippen LogP contribution in [0.15, 0.2) is 60.7 Å². The largest absolute Gasteiger partial charge is 0.383 e. The molecule has 0 aliphatic carbocycles. The zero-order valence-electron chi connectivity index (χ0n) is 17.7. The van der Waals surface area contributed by atoms with Crippen LogP contribution in [0.25, 0.3) is 10.8 Å². The first-order valence-corrected chi connectivity index (χ1v) is 10.6. The molecule has 4 rings (SSSR count). The third-order valence-electron chi connectivity index (χ3n) is 5.57.